The summed E-state index contributed by atoms with van der Waals surface area (Å²) < 4.78 is 23.5. The normalized spacial score (nSPS) is 19.8. The molecule has 364 valence electrons. The molecule has 4 N–H and O–H groups in total. The third-order valence-corrected chi connectivity index (χ3v) is 13.7. The molecule has 17 heteroatoms. The average Bonchev–Trinajstić information content (AvgIpc) is 3.99. The summed E-state index contributed by atoms with van der Waals surface area (Å²) >= 11 is 7.77. The second-order valence-electron chi connectivity index (χ2n) is 19.6. The second kappa shape index (κ2) is 22.7. The van der Waals surface area contributed by atoms with E-state index >= 15 is 0 Å². The molecule has 2 heterocycles. The third kappa shape index (κ3) is 12.9. The van der Waals surface area contributed by atoms with Crippen molar-refractivity contribution in [1.82, 2.24) is 25.8 Å². The van der Waals surface area contributed by atoms with Crippen molar-refractivity contribution >= 4 is 46.6 Å². The number of aromatic nitrogens is 1. The summed E-state index contributed by atoms with van der Waals surface area (Å²) in [7, 11) is 0. The molecule has 4 aromatic rings. The van der Waals surface area contributed by atoms with Gasteiger partial charge in [-0.2, -0.15) is 5.26 Å². The molecule has 3 aromatic carbocycles. The van der Waals surface area contributed by atoms with Crippen LogP contribution in [0.3, 0.4) is 0 Å². The molecular formula is C51H63ClN6O9S. The third-order valence-electron chi connectivity index (χ3n) is 12.5. The van der Waals surface area contributed by atoms with Gasteiger partial charge in [0, 0.05) is 60.8 Å². The zero-order valence-electron chi connectivity index (χ0n) is 39.8. The molecule has 1 saturated heterocycles. The number of hydrogen-bond acceptors (Lipinski definition) is 12. The van der Waals surface area contributed by atoms with E-state index in [0.717, 1.165) is 28.8 Å². The number of benzene rings is 3. The Morgan fingerprint density at radius 1 is 0.941 bits per heavy atom. The van der Waals surface area contributed by atoms with Crippen LogP contribution < -0.4 is 25.4 Å². The molecule has 1 aromatic heterocycles. The van der Waals surface area contributed by atoms with Crippen LogP contribution in [0.5, 0.6) is 11.5 Å². The number of amides is 4. The van der Waals surface area contributed by atoms with Crippen LogP contribution in [-0.2, 0) is 30.4 Å². The van der Waals surface area contributed by atoms with Crippen molar-refractivity contribution in [3.63, 3.8) is 0 Å². The predicted octanol–water partition coefficient (Wildman–Crippen LogP) is 6.95. The lowest BCUT2D eigenvalue weighted by atomic mass is 9.49. The first-order valence-corrected chi connectivity index (χ1v) is 24.1. The number of halogens is 1. The van der Waals surface area contributed by atoms with Crippen LogP contribution in [0.15, 0.2) is 78.4 Å². The molecule has 0 unspecified atom stereocenters. The van der Waals surface area contributed by atoms with Gasteiger partial charge in [0.15, 0.2) is 0 Å². The number of likely N-dealkylation sites (tertiary alicyclic amines) is 1. The van der Waals surface area contributed by atoms with Crippen LogP contribution in [0.4, 0.5) is 0 Å². The van der Waals surface area contributed by atoms with E-state index in [-0.39, 0.29) is 74.1 Å². The molecule has 6 rings (SSSR count). The van der Waals surface area contributed by atoms with Crippen molar-refractivity contribution in [3.05, 3.63) is 100 Å². The van der Waals surface area contributed by atoms with Crippen LogP contribution in [0, 0.1) is 27.6 Å². The number of ether oxygens (including phenoxy) is 4. The molecule has 15 nitrogen and oxygen atoms in total. The Morgan fingerprint density at radius 2 is 1.62 bits per heavy atom. The summed E-state index contributed by atoms with van der Waals surface area (Å²) in [5.41, 5.74) is 3.12. The maximum atomic E-state index is 13.9. The number of hydrogen-bond donors (Lipinski definition) is 4. The van der Waals surface area contributed by atoms with Crippen molar-refractivity contribution in [3.8, 4) is 28.0 Å². The summed E-state index contributed by atoms with van der Waals surface area (Å²) in [5, 5.41) is 29.0. The summed E-state index contributed by atoms with van der Waals surface area (Å²) in [6.45, 7) is 15.0. The molecule has 2 fully saturated rings. The number of nitriles is 1. The summed E-state index contributed by atoms with van der Waals surface area (Å²) in [4.78, 5) is 60.1. The van der Waals surface area contributed by atoms with Gasteiger partial charge in [0.2, 0.25) is 17.7 Å². The second-order valence-corrected chi connectivity index (χ2v) is 20.9. The van der Waals surface area contributed by atoms with Crippen molar-refractivity contribution in [2.45, 2.75) is 105 Å². The van der Waals surface area contributed by atoms with E-state index in [1.165, 1.54) is 4.90 Å². The standard InChI is InChI=1S/C51H63ClN6O9S/c1-49(2,3)43(46(63)58-29-36(59)24-40(58)45(62)55-27-32-10-12-33(13-11-32)41-28-54-31-68-41)56-42(60)30-65-23-22-64-20-8-9-21-66-37-17-14-34(15-18-37)44(61)57-47-50(4,5)48(51(47,6)7)67-38-19-16-35(26-53)39(52)25-38/h10-19,25,28,31,36,40,43,47-48,59H,8-9,20-24,27,29-30H2,1-7H3,(H,55,62)(H,56,60)(H,57,61)/t36-,40+,43-,47-,48-/m1/s1. The molecule has 0 bridgehead atoms. The Morgan fingerprint density at radius 3 is 2.26 bits per heavy atom. The monoisotopic (exact) mass is 970 g/mol. The van der Waals surface area contributed by atoms with Crippen molar-refractivity contribution < 1.29 is 43.2 Å². The van der Waals surface area contributed by atoms with Gasteiger partial charge in [0.25, 0.3) is 5.91 Å². The fourth-order valence-electron chi connectivity index (χ4n) is 9.17. The van der Waals surface area contributed by atoms with Gasteiger partial charge < -0.3 is 44.9 Å². The largest absolute Gasteiger partial charge is 0.494 e. The van der Waals surface area contributed by atoms with Gasteiger partial charge in [0.05, 0.1) is 46.9 Å². The molecular weight excluding hydrogens is 908 g/mol. The van der Waals surface area contributed by atoms with E-state index in [0.29, 0.717) is 40.9 Å². The van der Waals surface area contributed by atoms with Crippen LogP contribution >= 0.6 is 22.9 Å². The highest BCUT2D eigenvalue weighted by atomic mass is 35.5. The molecule has 4 amide bonds. The Bertz CT molecular complexity index is 2380. The maximum absolute atomic E-state index is 13.9. The van der Waals surface area contributed by atoms with Crippen LogP contribution in [0.25, 0.3) is 10.4 Å². The summed E-state index contributed by atoms with van der Waals surface area (Å²) in [5.74, 6) is -0.275. The Hall–Kier alpha value is -5.57. The van der Waals surface area contributed by atoms with Gasteiger partial charge in [-0.15, -0.1) is 11.3 Å². The average molecular weight is 972 g/mol. The van der Waals surface area contributed by atoms with Gasteiger partial charge >= 0.3 is 0 Å². The first kappa shape index (κ1) is 51.8. The lowest BCUT2D eigenvalue weighted by Crippen LogP contribution is -2.74. The van der Waals surface area contributed by atoms with E-state index in [2.05, 4.69) is 54.7 Å². The maximum Gasteiger partial charge on any atom is 0.251 e. The highest BCUT2D eigenvalue weighted by Crippen LogP contribution is 2.55. The molecule has 1 saturated carbocycles. The Balaban J connectivity index is 0.843. The lowest BCUT2D eigenvalue weighted by Gasteiger charge is -2.63. The Kier molecular flexibility index (Phi) is 17.3. The lowest BCUT2D eigenvalue weighted by molar-refractivity contribution is -0.164. The van der Waals surface area contributed by atoms with Crippen LogP contribution in [-0.4, -0.2) is 109 Å². The molecule has 2 aliphatic rings. The highest BCUT2D eigenvalue weighted by Gasteiger charge is 2.64. The van der Waals surface area contributed by atoms with Gasteiger partial charge in [-0.1, -0.05) is 84.3 Å². The van der Waals surface area contributed by atoms with Gasteiger partial charge in [-0.3, -0.25) is 24.2 Å². The van der Waals surface area contributed by atoms with Crippen molar-refractivity contribution in [2.24, 2.45) is 16.2 Å². The van der Waals surface area contributed by atoms with E-state index < -0.39 is 35.4 Å². The van der Waals surface area contributed by atoms with Crippen LogP contribution in [0.2, 0.25) is 5.02 Å². The number of thiazole rings is 1. The number of β-amino-alcohol motifs (C(OH)–C–C–N with tert-alkyl or cyclic N) is 1. The smallest absolute Gasteiger partial charge is 0.251 e. The molecule has 68 heavy (non-hydrogen) atoms. The fourth-order valence-corrected chi connectivity index (χ4v) is 10.0. The number of aliphatic hydroxyl groups excluding tert-OH is 1. The number of nitrogens with one attached hydrogen (secondary N) is 3. The quantitative estimate of drug-likeness (QED) is 0.0630. The minimum Gasteiger partial charge on any atom is -0.494 e. The van der Waals surface area contributed by atoms with E-state index in [9.17, 15) is 29.5 Å². The van der Waals surface area contributed by atoms with E-state index in [1.54, 1.807) is 65.5 Å². The van der Waals surface area contributed by atoms with Gasteiger partial charge in [-0.05, 0) is 65.8 Å². The van der Waals surface area contributed by atoms with Crippen molar-refractivity contribution in [1.29, 1.82) is 5.26 Å². The van der Waals surface area contributed by atoms with Crippen LogP contribution in [0.1, 0.15) is 89.2 Å². The van der Waals surface area contributed by atoms with E-state index in [1.807, 2.05) is 45.0 Å². The van der Waals surface area contributed by atoms with Crippen molar-refractivity contribution in [2.75, 3.05) is 39.6 Å². The number of carbonyl (C=O) groups excluding carboxylic acids is 4. The number of rotatable bonds is 21. The number of nitrogens with zero attached hydrogens (tertiary/aromatic N) is 3. The first-order chi connectivity index (χ1) is 32.3. The zero-order valence-corrected chi connectivity index (χ0v) is 41.4. The first-order valence-electron chi connectivity index (χ1n) is 22.9. The minimum absolute atomic E-state index is 0.0194. The Labute approximate surface area is 407 Å². The predicted molar refractivity (Wildman–Crippen MR) is 259 cm³/mol. The highest BCUT2D eigenvalue weighted by molar-refractivity contribution is 7.13. The topological polar surface area (TPSA) is 201 Å². The van der Waals surface area contributed by atoms with E-state index in [4.69, 9.17) is 30.5 Å². The zero-order chi connectivity index (χ0) is 49.2. The summed E-state index contributed by atoms with van der Waals surface area (Å²) in [6, 6.07) is 19.9. The van der Waals surface area contributed by atoms with Gasteiger partial charge in [-0.25, -0.2) is 0 Å². The molecule has 3 atom stereocenters. The minimum atomic E-state index is -0.967. The molecule has 1 aliphatic carbocycles. The molecule has 1 aliphatic heterocycles. The summed E-state index contributed by atoms with van der Waals surface area (Å²) in [6.07, 6.45) is 2.28. The fraction of sp³-hybridized carbons (Fsp3) is 0.490. The molecule has 0 radical (unpaired) electrons. The van der Waals surface area contributed by atoms with Gasteiger partial charge in [0.1, 0.15) is 42.4 Å². The number of aliphatic hydroxyl groups is 1. The molecule has 0 spiro atoms. The SMILES string of the molecule is CC(C)(C)[C@H](NC(=O)COCCOCCCCOc1ccc(C(=O)N[C@H]2C(C)(C)[C@H](Oc3ccc(C#N)c(Cl)c3)C2(C)C)cc1)C(=O)N1C[C@H](O)C[C@H]1C(=O)NCc1ccc(-c2cncs2)cc1. The number of carbonyl (C=O) groups is 4. The number of unbranched alkanes of at least 4 members (excludes halogenated alkanes) is 1.